The minimum absolute atomic E-state index is 0.00547. The fraction of sp³-hybridized carbons (Fsp3) is 0.556. The molecule has 0 radical (unpaired) electrons. The Morgan fingerprint density at radius 1 is 1.17 bits per heavy atom. The van der Waals surface area contributed by atoms with Crippen molar-refractivity contribution in [1.82, 2.24) is 5.32 Å². The first-order valence-corrected chi connectivity index (χ1v) is 8.45. The van der Waals surface area contributed by atoms with Crippen molar-refractivity contribution in [2.75, 3.05) is 5.32 Å². The molecule has 0 spiro atoms. The lowest BCUT2D eigenvalue weighted by Gasteiger charge is -2.22. The van der Waals surface area contributed by atoms with Gasteiger partial charge in [-0.3, -0.25) is 9.59 Å². The van der Waals surface area contributed by atoms with Gasteiger partial charge in [-0.25, -0.2) is 0 Å². The molecule has 24 heavy (non-hydrogen) atoms. The van der Waals surface area contributed by atoms with Gasteiger partial charge in [0.25, 0.3) is 0 Å². The van der Waals surface area contributed by atoms with Crippen LogP contribution in [-0.4, -0.2) is 29.0 Å². The first-order chi connectivity index (χ1) is 11.4. The van der Waals surface area contributed by atoms with Crippen molar-refractivity contribution < 1.29 is 14.7 Å². The minimum Gasteiger partial charge on any atom is -0.392 e. The number of aliphatic hydroxyl groups excluding tert-OH is 1. The van der Waals surface area contributed by atoms with Crippen LogP contribution in [0.1, 0.15) is 45.6 Å². The molecule has 2 atom stereocenters. The monoisotopic (exact) mass is 335 g/mol. The Morgan fingerprint density at radius 2 is 1.79 bits per heavy atom. The molecule has 1 rings (SSSR count). The van der Waals surface area contributed by atoms with E-state index in [1.807, 2.05) is 20.8 Å². The number of benzene rings is 1. The fourth-order valence-corrected chi connectivity index (χ4v) is 2.17. The van der Waals surface area contributed by atoms with Gasteiger partial charge in [0.2, 0.25) is 11.8 Å². The summed E-state index contributed by atoms with van der Waals surface area (Å²) in [6.45, 7) is 5.73. The van der Waals surface area contributed by atoms with E-state index < -0.39 is 12.1 Å². The van der Waals surface area contributed by atoms with E-state index in [4.69, 9.17) is 10.8 Å². The predicted octanol–water partition coefficient (Wildman–Crippen LogP) is 1.78. The molecule has 0 saturated carbocycles. The summed E-state index contributed by atoms with van der Waals surface area (Å²) in [5.41, 5.74) is 7.25. The van der Waals surface area contributed by atoms with E-state index >= 15 is 0 Å². The van der Waals surface area contributed by atoms with Crippen molar-refractivity contribution >= 4 is 17.5 Å². The maximum absolute atomic E-state index is 12.5. The second-order valence-corrected chi connectivity index (χ2v) is 6.32. The SMILES string of the molecule is CCCC[C@H](NC(=O)[C@@H](N)C(C)C)C(=O)Nc1ccc(CO)cc1. The molecule has 6 nitrogen and oxygen atoms in total. The first kappa shape index (κ1) is 20.1. The molecule has 0 fully saturated rings. The predicted molar refractivity (Wildman–Crippen MR) is 95.3 cm³/mol. The normalized spacial score (nSPS) is 13.4. The van der Waals surface area contributed by atoms with Gasteiger partial charge in [-0.15, -0.1) is 0 Å². The van der Waals surface area contributed by atoms with Crippen molar-refractivity contribution in [3.8, 4) is 0 Å². The average molecular weight is 335 g/mol. The number of carbonyl (C=O) groups excluding carboxylic acids is 2. The van der Waals surface area contributed by atoms with E-state index in [2.05, 4.69) is 10.6 Å². The molecule has 0 bridgehead atoms. The number of amides is 2. The number of nitrogens with two attached hydrogens (primary N) is 1. The summed E-state index contributed by atoms with van der Waals surface area (Å²) in [5.74, 6) is -0.563. The van der Waals surface area contributed by atoms with Crippen LogP contribution in [0.3, 0.4) is 0 Å². The highest BCUT2D eigenvalue weighted by Crippen LogP contribution is 2.12. The molecule has 0 aromatic heterocycles. The van der Waals surface area contributed by atoms with Crippen LogP contribution in [0.25, 0.3) is 0 Å². The topological polar surface area (TPSA) is 104 Å². The number of anilines is 1. The molecule has 2 amide bonds. The number of carbonyl (C=O) groups is 2. The molecule has 0 heterocycles. The third kappa shape index (κ3) is 6.29. The average Bonchev–Trinajstić information content (AvgIpc) is 2.58. The van der Waals surface area contributed by atoms with E-state index in [1.54, 1.807) is 24.3 Å². The molecule has 0 aliphatic carbocycles. The van der Waals surface area contributed by atoms with E-state index in [9.17, 15) is 9.59 Å². The Morgan fingerprint density at radius 3 is 2.29 bits per heavy atom. The van der Waals surface area contributed by atoms with Gasteiger partial charge in [0.15, 0.2) is 0 Å². The summed E-state index contributed by atoms with van der Waals surface area (Å²) in [4.78, 5) is 24.6. The lowest BCUT2D eigenvalue weighted by molar-refractivity contribution is -0.128. The van der Waals surface area contributed by atoms with E-state index in [0.717, 1.165) is 18.4 Å². The van der Waals surface area contributed by atoms with Gasteiger partial charge in [-0.05, 0) is 30.0 Å². The van der Waals surface area contributed by atoms with Crippen LogP contribution in [0, 0.1) is 5.92 Å². The molecule has 6 heteroatoms. The number of aliphatic hydroxyl groups is 1. The lowest BCUT2D eigenvalue weighted by atomic mass is 10.0. The number of nitrogens with one attached hydrogen (secondary N) is 2. The van der Waals surface area contributed by atoms with Gasteiger partial charge in [-0.1, -0.05) is 45.7 Å². The molecule has 0 aliphatic heterocycles. The van der Waals surface area contributed by atoms with Crippen LogP contribution in [0.5, 0.6) is 0 Å². The molecule has 0 unspecified atom stereocenters. The van der Waals surface area contributed by atoms with Crippen LogP contribution in [0.15, 0.2) is 24.3 Å². The van der Waals surface area contributed by atoms with Gasteiger partial charge in [0.05, 0.1) is 12.6 Å². The van der Waals surface area contributed by atoms with Crippen molar-refractivity contribution in [3.63, 3.8) is 0 Å². The maximum atomic E-state index is 12.5. The number of hydrogen-bond donors (Lipinski definition) is 4. The van der Waals surface area contributed by atoms with E-state index in [-0.39, 0.29) is 24.3 Å². The molecule has 1 aromatic rings. The molecule has 5 N–H and O–H groups in total. The van der Waals surface area contributed by atoms with Crippen molar-refractivity contribution in [2.45, 2.75) is 58.7 Å². The highest BCUT2D eigenvalue weighted by atomic mass is 16.3. The molecule has 134 valence electrons. The van der Waals surface area contributed by atoms with Crippen LogP contribution >= 0.6 is 0 Å². The highest BCUT2D eigenvalue weighted by molar-refractivity contribution is 5.97. The number of hydrogen-bond acceptors (Lipinski definition) is 4. The molecule has 1 aromatic carbocycles. The van der Waals surface area contributed by atoms with Gasteiger partial charge in [-0.2, -0.15) is 0 Å². The fourth-order valence-electron chi connectivity index (χ4n) is 2.17. The standard InChI is InChI=1S/C18H29N3O3/c1-4-5-6-15(21-18(24)16(19)12(2)3)17(23)20-14-9-7-13(11-22)8-10-14/h7-10,12,15-16,22H,4-6,11,19H2,1-3H3,(H,20,23)(H,21,24)/t15-,16-/m0/s1. The summed E-state index contributed by atoms with van der Waals surface area (Å²) in [6.07, 6.45) is 2.33. The molecule has 0 saturated heterocycles. The number of unbranched alkanes of at least 4 members (excludes halogenated alkanes) is 1. The Kier molecular flexibility index (Phi) is 8.43. The first-order valence-electron chi connectivity index (χ1n) is 8.45. The smallest absolute Gasteiger partial charge is 0.246 e. The van der Waals surface area contributed by atoms with Crippen LogP contribution in [-0.2, 0) is 16.2 Å². The van der Waals surface area contributed by atoms with Crippen molar-refractivity contribution in [1.29, 1.82) is 0 Å². The second-order valence-electron chi connectivity index (χ2n) is 6.32. The van der Waals surface area contributed by atoms with Crippen LogP contribution in [0.2, 0.25) is 0 Å². The van der Waals surface area contributed by atoms with E-state index in [1.165, 1.54) is 0 Å². The lowest BCUT2D eigenvalue weighted by Crippen LogP contribution is -2.51. The Hall–Kier alpha value is -1.92. The zero-order valence-electron chi connectivity index (χ0n) is 14.7. The Bertz CT molecular complexity index is 529. The molecular formula is C18H29N3O3. The summed E-state index contributed by atoms with van der Waals surface area (Å²) in [7, 11) is 0. The molecule has 0 aliphatic rings. The maximum Gasteiger partial charge on any atom is 0.246 e. The van der Waals surface area contributed by atoms with Crippen molar-refractivity contribution in [3.05, 3.63) is 29.8 Å². The minimum atomic E-state index is -0.634. The zero-order valence-corrected chi connectivity index (χ0v) is 14.7. The third-order valence-electron chi connectivity index (χ3n) is 3.90. The Balaban J connectivity index is 2.74. The van der Waals surface area contributed by atoms with E-state index in [0.29, 0.717) is 12.1 Å². The van der Waals surface area contributed by atoms with Gasteiger partial charge in [0.1, 0.15) is 6.04 Å². The largest absolute Gasteiger partial charge is 0.392 e. The van der Waals surface area contributed by atoms with Gasteiger partial charge in [0, 0.05) is 5.69 Å². The number of rotatable bonds is 9. The summed E-state index contributed by atoms with van der Waals surface area (Å²) in [5, 5.41) is 14.6. The Labute approximate surface area is 143 Å². The zero-order chi connectivity index (χ0) is 18.1. The summed E-state index contributed by atoms with van der Waals surface area (Å²) >= 11 is 0. The molecular weight excluding hydrogens is 306 g/mol. The van der Waals surface area contributed by atoms with Crippen molar-refractivity contribution in [2.24, 2.45) is 11.7 Å². The van der Waals surface area contributed by atoms with Crippen LogP contribution in [0.4, 0.5) is 5.69 Å². The second kappa shape index (κ2) is 10.1. The highest BCUT2D eigenvalue weighted by Gasteiger charge is 2.24. The summed E-state index contributed by atoms with van der Waals surface area (Å²) < 4.78 is 0. The third-order valence-corrected chi connectivity index (χ3v) is 3.90. The van der Waals surface area contributed by atoms with Crippen LogP contribution < -0.4 is 16.4 Å². The van der Waals surface area contributed by atoms with Gasteiger partial charge >= 0.3 is 0 Å². The quantitative estimate of drug-likeness (QED) is 0.552. The summed E-state index contributed by atoms with van der Waals surface area (Å²) in [6, 6.07) is 5.68. The van der Waals surface area contributed by atoms with Gasteiger partial charge < -0.3 is 21.5 Å².